The number of rotatable bonds is 7. The van der Waals surface area contributed by atoms with Crippen LogP contribution in [0.3, 0.4) is 0 Å². The van der Waals surface area contributed by atoms with Crippen LogP contribution >= 0.6 is 0 Å². The Kier molecular flexibility index (Phi) is 5.51. The molecule has 0 N–H and O–H groups in total. The van der Waals surface area contributed by atoms with Crippen molar-refractivity contribution >= 4 is 11.6 Å². The number of methoxy groups -OCH3 is 1. The van der Waals surface area contributed by atoms with E-state index >= 15 is 0 Å². The summed E-state index contributed by atoms with van der Waals surface area (Å²) in [5.74, 6) is 0.401. The molecule has 0 aromatic heterocycles. The van der Waals surface area contributed by atoms with E-state index in [1.807, 2.05) is 42.2 Å². The molecule has 1 unspecified atom stereocenters. The van der Waals surface area contributed by atoms with Crippen LogP contribution in [0.5, 0.6) is 0 Å². The predicted octanol–water partition coefficient (Wildman–Crippen LogP) is 4.13. The fourth-order valence-electron chi connectivity index (χ4n) is 3.20. The third-order valence-electron chi connectivity index (χ3n) is 4.64. The summed E-state index contributed by atoms with van der Waals surface area (Å²) in [5, 5.41) is 0. The third kappa shape index (κ3) is 3.75. The Bertz CT molecular complexity index is 739. The Morgan fingerprint density at radius 3 is 2.60 bits per heavy atom. The first-order valence-electron chi connectivity index (χ1n) is 8.74. The summed E-state index contributed by atoms with van der Waals surface area (Å²) in [5.41, 5.74) is 5.05. The zero-order valence-electron chi connectivity index (χ0n) is 15.1. The molecule has 1 heterocycles. The summed E-state index contributed by atoms with van der Waals surface area (Å²) < 4.78 is 10.7. The minimum Gasteiger partial charge on any atom is -0.384 e. The van der Waals surface area contributed by atoms with Crippen molar-refractivity contribution in [2.24, 2.45) is 0 Å². The van der Waals surface area contributed by atoms with E-state index in [1.165, 1.54) is 5.56 Å². The van der Waals surface area contributed by atoms with Gasteiger partial charge in [-0.25, -0.2) is 0 Å². The van der Waals surface area contributed by atoms with Crippen molar-refractivity contribution in [3.05, 3.63) is 64.7 Å². The molecule has 0 saturated carbocycles. The molecule has 132 valence electrons. The highest BCUT2D eigenvalue weighted by Gasteiger charge is 2.28. The molecule has 1 aliphatic rings. The molecule has 0 bridgehead atoms. The zero-order chi connectivity index (χ0) is 17.8. The first-order chi connectivity index (χ1) is 12.1. The lowest BCUT2D eigenvalue weighted by molar-refractivity contribution is 0.0996. The number of hydrogen-bond acceptors (Lipinski definition) is 3. The minimum absolute atomic E-state index is 0.0611. The van der Waals surface area contributed by atoms with Crippen molar-refractivity contribution in [2.75, 3.05) is 25.2 Å². The second-order valence-electron chi connectivity index (χ2n) is 6.47. The second kappa shape index (κ2) is 7.81. The number of amides is 1. The van der Waals surface area contributed by atoms with Gasteiger partial charge in [-0.1, -0.05) is 31.2 Å². The molecule has 0 aliphatic carbocycles. The van der Waals surface area contributed by atoms with E-state index in [-0.39, 0.29) is 5.91 Å². The molecular formula is C21H25NO3. The number of hydrogen-bond donors (Lipinski definition) is 0. The molecule has 2 aromatic rings. The van der Waals surface area contributed by atoms with Gasteiger partial charge in [-0.3, -0.25) is 4.79 Å². The van der Waals surface area contributed by atoms with Crippen molar-refractivity contribution in [3.8, 4) is 0 Å². The highest BCUT2D eigenvalue weighted by Crippen LogP contribution is 2.30. The van der Waals surface area contributed by atoms with Gasteiger partial charge in [-0.15, -0.1) is 0 Å². The molecule has 4 heteroatoms. The minimum atomic E-state index is 0.0611. The summed E-state index contributed by atoms with van der Waals surface area (Å²) in [6.07, 6.45) is 0. The van der Waals surface area contributed by atoms with Crippen molar-refractivity contribution in [1.29, 1.82) is 0 Å². The Hall–Kier alpha value is -2.17. The molecule has 3 rings (SSSR count). The number of carbonyl (C=O) groups excluding carboxylic acids is 1. The monoisotopic (exact) mass is 339 g/mol. The van der Waals surface area contributed by atoms with E-state index in [0.29, 0.717) is 32.3 Å². The average molecular weight is 339 g/mol. The maximum absolute atomic E-state index is 12.8. The molecule has 2 aromatic carbocycles. The molecular weight excluding hydrogens is 314 g/mol. The lowest BCUT2D eigenvalue weighted by Gasteiger charge is -2.17. The highest BCUT2D eigenvalue weighted by molar-refractivity contribution is 6.10. The molecule has 25 heavy (non-hydrogen) atoms. The SMILES string of the molecule is CCOCc1ccc2c(c1)C(=O)N(c1ccc(C(C)COC)cc1)C2. The summed E-state index contributed by atoms with van der Waals surface area (Å²) in [4.78, 5) is 14.6. The van der Waals surface area contributed by atoms with Crippen molar-refractivity contribution in [1.82, 2.24) is 0 Å². The number of carbonyl (C=O) groups is 1. The maximum Gasteiger partial charge on any atom is 0.258 e. The molecule has 0 saturated heterocycles. The maximum atomic E-state index is 12.8. The van der Waals surface area contributed by atoms with Crippen LogP contribution in [0.4, 0.5) is 5.69 Å². The van der Waals surface area contributed by atoms with Crippen LogP contribution in [0, 0.1) is 0 Å². The zero-order valence-corrected chi connectivity index (χ0v) is 15.1. The van der Waals surface area contributed by atoms with Crippen molar-refractivity contribution < 1.29 is 14.3 Å². The van der Waals surface area contributed by atoms with Gasteiger partial charge in [0.05, 0.1) is 19.8 Å². The molecule has 0 spiro atoms. The van der Waals surface area contributed by atoms with E-state index in [0.717, 1.165) is 22.4 Å². The Morgan fingerprint density at radius 1 is 1.16 bits per heavy atom. The van der Waals surface area contributed by atoms with Gasteiger partial charge in [0.25, 0.3) is 5.91 Å². The summed E-state index contributed by atoms with van der Waals surface area (Å²) in [6.45, 7) is 6.63. The topological polar surface area (TPSA) is 38.8 Å². The lowest BCUT2D eigenvalue weighted by Crippen LogP contribution is -2.23. The van der Waals surface area contributed by atoms with Crippen LogP contribution in [0.25, 0.3) is 0 Å². The van der Waals surface area contributed by atoms with Gasteiger partial charge in [0.1, 0.15) is 0 Å². The van der Waals surface area contributed by atoms with E-state index in [9.17, 15) is 4.79 Å². The van der Waals surface area contributed by atoms with Crippen LogP contribution in [-0.4, -0.2) is 26.2 Å². The van der Waals surface area contributed by atoms with Crippen LogP contribution in [0.15, 0.2) is 42.5 Å². The van der Waals surface area contributed by atoms with E-state index in [2.05, 4.69) is 19.1 Å². The van der Waals surface area contributed by atoms with Gasteiger partial charge in [0.2, 0.25) is 0 Å². The van der Waals surface area contributed by atoms with Gasteiger partial charge < -0.3 is 14.4 Å². The number of nitrogens with zero attached hydrogens (tertiary/aromatic N) is 1. The molecule has 1 atom stereocenters. The van der Waals surface area contributed by atoms with Crippen LogP contribution in [0.1, 0.15) is 46.8 Å². The average Bonchev–Trinajstić information content (AvgIpc) is 2.96. The molecule has 0 fully saturated rings. The summed E-state index contributed by atoms with van der Waals surface area (Å²) >= 11 is 0. The largest absolute Gasteiger partial charge is 0.384 e. The highest BCUT2D eigenvalue weighted by atomic mass is 16.5. The van der Waals surface area contributed by atoms with Crippen LogP contribution in [-0.2, 0) is 22.6 Å². The van der Waals surface area contributed by atoms with Gasteiger partial charge in [-0.2, -0.15) is 0 Å². The Labute approximate surface area is 149 Å². The van der Waals surface area contributed by atoms with Crippen molar-refractivity contribution in [2.45, 2.75) is 32.9 Å². The van der Waals surface area contributed by atoms with Gasteiger partial charge in [0.15, 0.2) is 0 Å². The van der Waals surface area contributed by atoms with Crippen molar-refractivity contribution in [3.63, 3.8) is 0 Å². The van der Waals surface area contributed by atoms with E-state index in [4.69, 9.17) is 9.47 Å². The van der Waals surface area contributed by atoms with E-state index < -0.39 is 0 Å². The van der Waals surface area contributed by atoms with Crippen LogP contribution < -0.4 is 4.90 Å². The third-order valence-corrected chi connectivity index (χ3v) is 4.64. The standard InChI is InChI=1S/C21H25NO3/c1-4-25-14-16-5-6-18-12-22(21(23)20(18)11-16)19-9-7-17(8-10-19)15(2)13-24-3/h5-11,15H,4,12-14H2,1-3H3. The van der Waals surface area contributed by atoms with Crippen LogP contribution in [0.2, 0.25) is 0 Å². The number of anilines is 1. The molecule has 1 amide bonds. The first-order valence-corrected chi connectivity index (χ1v) is 8.74. The van der Waals surface area contributed by atoms with Gasteiger partial charge >= 0.3 is 0 Å². The smallest absolute Gasteiger partial charge is 0.258 e. The summed E-state index contributed by atoms with van der Waals surface area (Å²) in [6, 6.07) is 14.2. The Morgan fingerprint density at radius 2 is 1.92 bits per heavy atom. The Balaban J connectivity index is 1.77. The lowest BCUT2D eigenvalue weighted by atomic mass is 10.0. The number of fused-ring (bicyclic) bond motifs is 1. The van der Waals surface area contributed by atoms with Gasteiger partial charge in [0, 0.05) is 30.9 Å². The molecule has 0 radical (unpaired) electrons. The quantitative estimate of drug-likeness (QED) is 0.761. The second-order valence-corrected chi connectivity index (χ2v) is 6.47. The first kappa shape index (κ1) is 17.6. The van der Waals surface area contributed by atoms with E-state index in [1.54, 1.807) is 7.11 Å². The number of ether oxygens (including phenoxy) is 2. The summed E-state index contributed by atoms with van der Waals surface area (Å²) in [7, 11) is 1.71. The van der Waals surface area contributed by atoms with Gasteiger partial charge in [-0.05, 0) is 41.8 Å². The predicted molar refractivity (Wildman–Crippen MR) is 99.0 cm³/mol. The number of benzene rings is 2. The molecule has 4 nitrogen and oxygen atoms in total. The molecule has 1 aliphatic heterocycles. The fourth-order valence-corrected chi connectivity index (χ4v) is 3.20. The fraction of sp³-hybridized carbons (Fsp3) is 0.381. The normalized spacial score (nSPS) is 14.7.